The summed E-state index contributed by atoms with van der Waals surface area (Å²) >= 11 is 0. The molecule has 5 atom stereocenters. The number of hydrogen-bond donors (Lipinski definition) is 3. The third-order valence-electron chi connectivity index (χ3n) is 4.33. The van der Waals surface area contributed by atoms with Crippen molar-refractivity contribution in [3.63, 3.8) is 0 Å². The summed E-state index contributed by atoms with van der Waals surface area (Å²) in [5, 5.41) is 20.3. The minimum absolute atomic E-state index is 0.127. The highest BCUT2D eigenvalue weighted by atomic mass is 31.1. The van der Waals surface area contributed by atoms with Crippen LogP contribution in [0.3, 0.4) is 0 Å². The molecule has 0 radical (unpaired) electrons. The number of rotatable bonds is 7. The molecule has 4 N–H and O–H groups in total. The number of aliphatic hydroxyl groups is 2. The van der Waals surface area contributed by atoms with Crippen LogP contribution in [-0.4, -0.2) is 65.2 Å². The van der Waals surface area contributed by atoms with E-state index in [1.54, 1.807) is 0 Å². The Morgan fingerprint density at radius 1 is 1.33 bits per heavy atom. The first-order valence-corrected chi connectivity index (χ1v) is 9.44. The van der Waals surface area contributed by atoms with Crippen LogP contribution in [0.2, 0.25) is 0 Å². The molecule has 10 nitrogen and oxygen atoms in total. The maximum absolute atomic E-state index is 11.9. The van der Waals surface area contributed by atoms with Crippen LogP contribution >= 0.6 is 8.25 Å². The van der Waals surface area contributed by atoms with Gasteiger partial charge in [0.2, 0.25) is 5.96 Å². The molecule has 0 bridgehead atoms. The first-order chi connectivity index (χ1) is 13.0. The number of aliphatic hydroxyl groups excluding tert-OH is 2. The lowest BCUT2D eigenvalue weighted by molar-refractivity contribution is -0.0671. The summed E-state index contributed by atoms with van der Waals surface area (Å²) in [5.74, 6) is 0.127. The van der Waals surface area contributed by atoms with Gasteiger partial charge in [0, 0.05) is 4.57 Å². The summed E-state index contributed by atoms with van der Waals surface area (Å²) in [6, 6.07) is 7.57. The SMILES string of the molecule is Cc1ccccc1CO[P+](=O)OCC1OC(N2C=NC(N)=NC2)C(O)C1O. The second kappa shape index (κ2) is 8.83. The number of guanidine groups is 1. The van der Waals surface area contributed by atoms with Gasteiger partial charge in [0.1, 0.15) is 38.2 Å². The van der Waals surface area contributed by atoms with Crippen LogP contribution < -0.4 is 5.73 Å². The van der Waals surface area contributed by atoms with Gasteiger partial charge in [-0.05, 0) is 18.1 Å². The van der Waals surface area contributed by atoms with Crippen molar-refractivity contribution in [2.45, 2.75) is 38.1 Å². The maximum Gasteiger partial charge on any atom is 0.697 e. The van der Waals surface area contributed by atoms with Gasteiger partial charge >= 0.3 is 8.25 Å². The third kappa shape index (κ3) is 4.86. The molecule has 2 heterocycles. The van der Waals surface area contributed by atoms with Crippen LogP contribution in [0.4, 0.5) is 0 Å². The fraction of sp³-hybridized carbons (Fsp3) is 0.500. The Morgan fingerprint density at radius 2 is 2.11 bits per heavy atom. The number of nitrogens with two attached hydrogens (primary N) is 1. The third-order valence-corrected chi connectivity index (χ3v) is 5.03. The number of nitrogens with zero attached hydrogens (tertiary/aromatic N) is 3. The fourth-order valence-electron chi connectivity index (χ4n) is 2.72. The molecule has 5 unspecified atom stereocenters. The number of benzene rings is 1. The Balaban J connectivity index is 1.47. The first kappa shape index (κ1) is 19.8. The minimum atomic E-state index is -2.40. The van der Waals surface area contributed by atoms with Crippen LogP contribution in [0.5, 0.6) is 0 Å². The number of aliphatic imine (C=N–C) groups is 2. The Labute approximate surface area is 157 Å². The number of aryl methyl sites for hydroxylation is 1. The van der Waals surface area contributed by atoms with Crippen LogP contribution in [0.1, 0.15) is 11.1 Å². The molecule has 0 spiro atoms. The van der Waals surface area contributed by atoms with Gasteiger partial charge in [0.05, 0.1) is 6.34 Å². The van der Waals surface area contributed by atoms with Crippen molar-refractivity contribution in [3.8, 4) is 0 Å². The molecule has 0 amide bonds. The lowest BCUT2D eigenvalue weighted by Crippen LogP contribution is -2.45. The number of ether oxygens (including phenoxy) is 1. The van der Waals surface area contributed by atoms with Gasteiger partial charge < -0.3 is 25.6 Å². The van der Waals surface area contributed by atoms with E-state index in [4.69, 9.17) is 19.5 Å². The van der Waals surface area contributed by atoms with E-state index in [1.165, 1.54) is 11.2 Å². The van der Waals surface area contributed by atoms with Crippen LogP contribution in [0, 0.1) is 6.92 Å². The molecular weight excluding hydrogens is 375 g/mol. The summed E-state index contributed by atoms with van der Waals surface area (Å²) < 4.78 is 27.9. The molecule has 2 aliphatic heterocycles. The molecule has 1 aromatic rings. The predicted octanol–water partition coefficient (Wildman–Crippen LogP) is 0.248. The summed E-state index contributed by atoms with van der Waals surface area (Å²) in [6.45, 7) is 2.02. The van der Waals surface area contributed by atoms with Gasteiger partial charge in [-0.15, -0.1) is 9.05 Å². The molecule has 1 saturated heterocycles. The van der Waals surface area contributed by atoms with Crippen LogP contribution in [0.15, 0.2) is 34.3 Å². The van der Waals surface area contributed by atoms with Crippen molar-refractivity contribution in [3.05, 3.63) is 35.4 Å². The Hall–Kier alpha value is -1.94. The standard InChI is InChI=1S/C16H22N4O6P/c1-10-4-2-3-5-11(10)6-24-27(23)25-7-12-13(21)14(22)15(26-12)20-8-18-16(17)19-9-20/h2-5,8,12-15,21-22H,6-7,9H2,1H3,(H2,17,19)/q+1. The summed E-state index contributed by atoms with van der Waals surface area (Å²) in [4.78, 5) is 9.26. The normalized spacial score (nSPS) is 28.3. The highest BCUT2D eigenvalue weighted by molar-refractivity contribution is 7.33. The Kier molecular flexibility index (Phi) is 6.48. The summed E-state index contributed by atoms with van der Waals surface area (Å²) in [6.07, 6.45) is -2.77. The van der Waals surface area contributed by atoms with Gasteiger partial charge in [0.25, 0.3) is 0 Å². The van der Waals surface area contributed by atoms with Crippen molar-refractivity contribution >= 4 is 20.6 Å². The van der Waals surface area contributed by atoms with E-state index >= 15 is 0 Å². The van der Waals surface area contributed by atoms with Gasteiger partial charge in [-0.25, -0.2) is 9.98 Å². The molecule has 0 aromatic heterocycles. The zero-order chi connectivity index (χ0) is 19.4. The summed E-state index contributed by atoms with van der Waals surface area (Å²) in [5.41, 5.74) is 7.38. The van der Waals surface area contributed by atoms with E-state index in [-0.39, 0.29) is 25.8 Å². The number of hydrogen-bond acceptors (Lipinski definition) is 10. The van der Waals surface area contributed by atoms with E-state index in [2.05, 4.69) is 9.98 Å². The molecule has 3 rings (SSSR count). The minimum Gasteiger partial charge on any atom is -0.387 e. The first-order valence-electron chi connectivity index (χ1n) is 8.34. The monoisotopic (exact) mass is 397 g/mol. The highest BCUT2D eigenvalue weighted by Gasteiger charge is 2.46. The van der Waals surface area contributed by atoms with Gasteiger partial charge in [0.15, 0.2) is 6.23 Å². The van der Waals surface area contributed by atoms with E-state index < -0.39 is 32.8 Å². The molecule has 1 aromatic carbocycles. The van der Waals surface area contributed by atoms with Crippen molar-refractivity contribution in [1.29, 1.82) is 0 Å². The average Bonchev–Trinajstić information content (AvgIpc) is 2.95. The molecule has 0 saturated carbocycles. The zero-order valence-corrected chi connectivity index (χ0v) is 15.6. The second-order valence-corrected chi connectivity index (χ2v) is 7.15. The van der Waals surface area contributed by atoms with Crippen molar-refractivity contribution in [1.82, 2.24) is 4.90 Å². The van der Waals surface area contributed by atoms with E-state index in [9.17, 15) is 14.8 Å². The molecule has 0 aliphatic carbocycles. The quantitative estimate of drug-likeness (QED) is 0.557. The van der Waals surface area contributed by atoms with E-state index in [1.807, 2.05) is 31.2 Å². The largest absolute Gasteiger partial charge is 0.697 e. The van der Waals surface area contributed by atoms with Crippen molar-refractivity contribution in [2.75, 3.05) is 13.3 Å². The molecule has 11 heteroatoms. The summed E-state index contributed by atoms with van der Waals surface area (Å²) in [7, 11) is -2.40. The van der Waals surface area contributed by atoms with Crippen LogP contribution in [0.25, 0.3) is 0 Å². The van der Waals surface area contributed by atoms with Crippen molar-refractivity contribution in [2.24, 2.45) is 15.7 Å². The second-order valence-electron chi connectivity index (χ2n) is 6.18. The predicted molar refractivity (Wildman–Crippen MR) is 97.0 cm³/mol. The topological polar surface area (TPSA) is 139 Å². The Bertz CT molecular complexity index is 745. The molecule has 146 valence electrons. The maximum atomic E-state index is 11.9. The van der Waals surface area contributed by atoms with Gasteiger partial charge in [-0.3, -0.25) is 0 Å². The van der Waals surface area contributed by atoms with E-state index in [0.29, 0.717) is 0 Å². The van der Waals surface area contributed by atoms with Gasteiger partial charge in [-0.1, -0.05) is 24.3 Å². The molecule has 2 aliphatic rings. The fourth-order valence-corrected chi connectivity index (χ4v) is 3.31. The molecular formula is C16H22N4O6P+. The smallest absolute Gasteiger partial charge is 0.387 e. The van der Waals surface area contributed by atoms with Gasteiger partial charge in [-0.2, -0.15) is 0 Å². The average molecular weight is 397 g/mol. The van der Waals surface area contributed by atoms with E-state index in [0.717, 1.165) is 11.1 Å². The highest BCUT2D eigenvalue weighted by Crippen LogP contribution is 2.30. The molecule has 27 heavy (non-hydrogen) atoms. The lowest BCUT2D eigenvalue weighted by Gasteiger charge is -2.28. The lowest BCUT2D eigenvalue weighted by atomic mass is 10.1. The Morgan fingerprint density at radius 3 is 2.81 bits per heavy atom. The zero-order valence-electron chi connectivity index (χ0n) is 14.7. The van der Waals surface area contributed by atoms with Crippen molar-refractivity contribution < 1.29 is 28.6 Å². The van der Waals surface area contributed by atoms with Crippen LogP contribution in [-0.2, 0) is 25.0 Å². The molecule has 1 fully saturated rings.